The van der Waals surface area contributed by atoms with Gasteiger partial charge in [-0.25, -0.2) is 0 Å². The maximum atomic E-state index is 5.15. The van der Waals surface area contributed by atoms with Gasteiger partial charge in [0.1, 0.15) is 7.11 Å². The molecule has 0 saturated carbocycles. The number of thiazole rings is 1. The molecule has 1 aromatic rings. The van der Waals surface area contributed by atoms with Crippen molar-refractivity contribution in [2.24, 2.45) is 12.2 Å². The van der Waals surface area contributed by atoms with E-state index in [0.717, 1.165) is 20.2 Å². The zero-order valence-electron chi connectivity index (χ0n) is 8.12. The van der Waals surface area contributed by atoms with E-state index in [1.54, 1.807) is 18.4 Å². The molecule has 1 rings (SSSR count). The van der Waals surface area contributed by atoms with Crippen molar-refractivity contribution >= 4 is 29.3 Å². The second-order valence-corrected chi connectivity index (χ2v) is 4.34. The smallest absolute Gasteiger partial charge is 0.161 e. The first-order chi connectivity index (χ1) is 6.07. The van der Waals surface area contributed by atoms with Crippen molar-refractivity contribution in [1.82, 2.24) is 4.57 Å². The zero-order valence-corrected chi connectivity index (χ0v) is 9.75. The molecule has 0 bridgehead atoms. The van der Waals surface area contributed by atoms with Gasteiger partial charge in [-0.05, 0) is 26.1 Å². The minimum Gasteiger partial charge on any atom is -0.399 e. The maximum Gasteiger partial charge on any atom is 0.161 e. The lowest BCUT2D eigenvalue weighted by Gasteiger charge is -1.98. The lowest BCUT2D eigenvalue weighted by Crippen LogP contribution is -1.98. The summed E-state index contributed by atoms with van der Waals surface area (Å²) < 4.78 is 2.84. The first-order valence-electron chi connectivity index (χ1n) is 3.82. The quantitative estimate of drug-likeness (QED) is 0.431. The fraction of sp³-hybridized carbons (Fsp3) is 0.500. The first-order valence-corrected chi connectivity index (χ1v) is 5.05. The van der Waals surface area contributed by atoms with E-state index in [9.17, 15) is 0 Å². The Kier molecular flexibility index (Phi) is 3.22. The fourth-order valence-corrected chi connectivity index (χ4v) is 2.34. The molecule has 1 aromatic heterocycles. The largest absolute Gasteiger partial charge is 0.399 e. The minimum absolute atomic E-state index is 0.859. The summed E-state index contributed by atoms with van der Waals surface area (Å²) >= 11 is 6.71. The van der Waals surface area contributed by atoms with Gasteiger partial charge in [-0.1, -0.05) is 5.16 Å². The molecule has 72 valence electrons. The van der Waals surface area contributed by atoms with E-state index in [2.05, 4.69) is 5.16 Å². The van der Waals surface area contributed by atoms with Crippen LogP contribution in [0.2, 0.25) is 0 Å². The predicted octanol–water partition coefficient (Wildman–Crippen LogP) is 2.49. The Bertz CT molecular complexity index is 389. The molecule has 3 nitrogen and oxygen atoms in total. The number of rotatable bonds is 2. The molecular formula is C8H12N2OS2. The first kappa shape index (κ1) is 10.4. The Morgan fingerprint density at radius 1 is 1.62 bits per heavy atom. The molecule has 0 fully saturated rings. The highest BCUT2D eigenvalue weighted by atomic mass is 32.1. The molecule has 0 atom stereocenters. The lowest BCUT2D eigenvalue weighted by atomic mass is 10.3. The van der Waals surface area contributed by atoms with E-state index in [0.29, 0.717) is 0 Å². The van der Waals surface area contributed by atoms with Gasteiger partial charge in [-0.3, -0.25) is 0 Å². The van der Waals surface area contributed by atoms with Crippen molar-refractivity contribution in [2.75, 3.05) is 7.11 Å². The standard InChI is InChI=1S/C8H12N2OS2/c1-5(9-11-4)7-6(2)10(3)8(12)13-7/h1-4H3/b9-5-. The van der Waals surface area contributed by atoms with Crippen molar-refractivity contribution < 1.29 is 4.84 Å². The van der Waals surface area contributed by atoms with Crippen LogP contribution in [0.4, 0.5) is 0 Å². The van der Waals surface area contributed by atoms with Crippen LogP contribution < -0.4 is 0 Å². The van der Waals surface area contributed by atoms with Crippen molar-refractivity contribution in [3.05, 3.63) is 14.5 Å². The van der Waals surface area contributed by atoms with Gasteiger partial charge in [0.05, 0.1) is 10.6 Å². The second-order valence-electron chi connectivity index (χ2n) is 2.70. The Balaban J connectivity index is 3.24. The Labute approximate surface area is 86.6 Å². The summed E-state index contributed by atoms with van der Waals surface area (Å²) in [6.45, 7) is 3.94. The van der Waals surface area contributed by atoms with E-state index < -0.39 is 0 Å². The number of aromatic nitrogens is 1. The van der Waals surface area contributed by atoms with Crippen LogP contribution in [0, 0.1) is 10.9 Å². The molecule has 0 aromatic carbocycles. The Morgan fingerprint density at radius 2 is 2.23 bits per heavy atom. The number of nitrogens with zero attached hydrogens (tertiary/aromatic N) is 2. The molecule has 0 aliphatic carbocycles. The molecular weight excluding hydrogens is 204 g/mol. The van der Waals surface area contributed by atoms with Gasteiger partial charge in [0.2, 0.25) is 0 Å². The van der Waals surface area contributed by atoms with Gasteiger partial charge in [0.15, 0.2) is 3.95 Å². The van der Waals surface area contributed by atoms with E-state index in [-0.39, 0.29) is 0 Å². The summed E-state index contributed by atoms with van der Waals surface area (Å²) in [6.07, 6.45) is 0. The fourth-order valence-electron chi connectivity index (χ4n) is 1.03. The highest BCUT2D eigenvalue weighted by Gasteiger charge is 2.08. The van der Waals surface area contributed by atoms with E-state index in [1.165, 1.54) is 0 Å². The SMILES string of the molecule is CO/N=C(/C)c1sc(=S)n(C)c1C. The second kappa shape index (κ2) is 4.02. The molecule has 0 N–H and O–H groups in total. The summed E-state index contributed by atoms with van der Waals surface area (Å²) in [4.78, 5) is 5.81. The van der Waals surface area contributed by atoms with Crippen LogP contribution in [0.15, 0.2) is 5.16 Å². The predicted molar refractivity (Wildman–Crippen MR) is 58.1 cm³/mol. The molecule has 0 radical (unpaired) electrons. The van der Waals surface area contributed by atoms with Crippen molar-refractivity contribution in [1.29, 1.82) is 0 Å². The van der Waals surface area contributed by atoms with E-state index >= 15 is 0 Å². The number of hydrogen-bond acceptors (Lipinski definition) is 4. The van der Waals surface area contributed by atoms with Crippen LogP contribution in [0.25, 0.3) is 0 Å². The highest BCUT2D eigenvalue weighted by molar-refractivity contribution is 7.73. The van der Waals surface area contributed by atoms with Gasteiger partial charge in [-0.15, -0.1) is 11.3 Å². The van der Waals surface area contributed by atoms with Crippen molar-refractivity contribution in [3.63, 3.8) is 0 Å². The van der Waals surface area contributed by atoms with Crippen LogP contribution in [0.3, 0.4) is 0 Å². The molecule has 0 amide bonds. The summed E-state index contributed by atoms with van der Waals surface area (Å²) in [5.74, 6) is 0. The lowest BCUT2D eigenvalue weighted by molar-refractivity contribution is 0.213. The summed E-state index contributed by atoms with van der Waals surface area (Å²) in [7, 11) is 3.50. The van der Waals surface area contributed by atoms with Gasteiger partial charge >= 0.3 is 0 Å². The minimum atomic E-state index is 0.859. The van der Waals surface area contributed by atoms with Gasteiger partial charge in [-0.2, -0.15) is 0 Å². The van der Waals surface area contributed by atoms with E-state index in [1.807, 2.05) is 25.5 Å². The van der Waals surface area contributed by atoms with Crippen molar-refractivity contribution in [2.45, 2.75) is 13.8 Å². The van der Waals surface area contributed by atoms with Gasteiger partial charge < -0.3 is 9.40 Å². The summed E-state index contributed by atoms with van der Waals surface area (Å²) in [5, 5.41) is 3.88. The van der Waals surface area contributed by atoms with Gasteiger partial charge in [0.25, 0.3) is 0 Å². The maximum absolute atomic E-state index is 5.15. The normalized spacial score (nSPS) is 11.8. The average Bonchev–Trinajstić information content (AvgIpc) is 2.33. The van der Waals surface area contributed by atoms with Crippen LogP contribution >= 0.6 is 23.6 Å². The van der Waals surface area contributed by atoms with Crippen LogP contribution in [-0.4, -0.2) is 17.4 Å². The topological polar surface area (TPSA) is 26.5 Å². The molecule has 0 saturated heterocycles. The number of oxime groups is 1. The monoisotopic (exact) mass is 216 g/mol. The van der Waals surface area contributed by atoms with Crippen LogP contribution in [0.5, 0.6) is 0 Å². The highest BCUT2D eigenvalue weighted by Crippen LogP contribution is 2.18. The molecule has 0 unspecified atom stereocenters. The third-order valence-electron chi connectivity index (χ3n) is 1.85. The van der Waals surface area contributed by atoms with Crippen LogP contribution in [-0.2, 0) is 11.9 Å². The van der Waals surface area contributed by atoms with Gasteiger partial charge in [0, 0.05) is 12.7 Å². The van der Waals surface area contributed by atoms with Crippen molar-refractivity contribution in [3.8, 4) is 0 Å². The van der Waals surface area contributed by atoms with Crippen LogP contribution in [0.1, 0.15) is 17.5 Å². The zero-order chi connectivity index (χ0) is 10.0. The summed E-state index contributed by atoms with van der Waals surface area (Å²) in [6, 6.07) is 0. The third kappa shape index (κ3) is 1.97. The molecule has 13 heavy (non-hydrogen) atoms. The molecule has 0 aliphatic rings. The molecule has 5 heteroatoms. The average molecular weight is 216 g/mol. The molecule has 0 aliphatic heterocycles. The number of hydrogen-bond donors (Lipinski definition) is 0. The summed E-state index contributed by atoms with van der Waals surface area (Å²) in [5.41, 5.74) is 2.00. The third-order valence-corrected chi connectivity index (χ3v) is 3.62. The Hall–Kier alpha value is -0.680. The van der Waals surface area contributed by atoms with E-state index in [4.69, 9.17) is 17.1 Å². The Morgan fingerprint density at radius 3 is 2.62 bits per heavy atom. The molecule has 1 heterocycles. The molecule has 0 spiro atoms.